The Bertz CT molecular complexity index is 4990. The monoisotopic (exact) mass is 929 g/mol. The standard InChI is InChI=1S/C64H35N9/c1-2-14-42-41(13-1)47-26-24-38(64-68-33-55-46-18-6-4-16-44(46)53-31-66-35-70-60(53)62(55)72-64)29-51(47)48-25-23-36(28-50(42)48)40-20-10-22-57-58(40)49-19-7-8-21-56(49)73(57)39-12-9-11-37(27-39)63-67-32-54-45-17-5-3-15-43(45)52-30-65-34-69-59(52)61(54)71-63/h1-35H. The SMILES string of the molecule is c1cc(-c2ncc3c4ccccc4c4cncnc4c3n2)cc(-n2c3ccccc3c3c(-c4ccc5c6cc(-c7ncc8c9ccccc9c9cncnc9c8n7)ccc6c6ccccc6c5c4)cccc32)c1. The van der Waals surface area contributed by atoms with Crippen molar-refractivity contribution in [1.82, 2.24) is 44.4 Å². The van der Waals surface area contributed by atoms with Crippen LogP contribution in [0, 0.1) is 0 Å². The highest BCUT2D eigenvalue weighted by atomic mass is 15.0. The first kappa shape index (κ1) is 39.7. The van der Waals surface area contributed by atoms with Crippen LogP contribution in [0.3, 0.4) is 0 Å². The molecule has 0 saturated heterocycles. The van der Waals surface area contributed by atoms with Crippen LogP contribution in [0.4, 0.5) is 0 Å². The van der Waals surface area contributed by atoms with Gasteiger partial charge in [0.1, 0.15) is 34.7 Å². The highest BCUT2D eigenvalue weighted by Gasteiger charge is 2.20. The highest BCUT2D eigenvalue weighted by molar-refractivity contribution is 6.28. The predicted octanol–water partition coefficient (Wildman–Crippen LogP) is 15.3. The molecule has 0 bridgehead atoms. The quantitative estimate of drug-likeness (QED) is 0.161. The summed E-state index contributed by atoms with van der Waals surface area (Å²) in [6.45, 7) is 0. The maximum Gasteiger partial charge on any atom is 0.159 e. The van der Waals surface area contributed by atoms with E-state index in [0.29, 0.717) is 11.6 Å². The lowest BCUT2D eigenvalue weighted by molar-refractivity contribution is 1.17. The van der Waals surface area contributed by atoms with Gasteiger partial charge in [0.25, 0.3) is 0 Å². The number of hydrogen-bond donors (Lipinski definition) is 0. The van der Waals surface area contributed by atoms with Crippen LogP contribution in [0.5, 0.6) is 0 Å². The molecule has 0 atom stereocenters. The Labute approximate surface area is 414 Å². The number of para-hydroxylation sites is 1. The van der Waals surface area contributed by atoms with Crippen molar-refractivity contribution in [2.75, 3.05) is 0 Å². The molecule has 5 aromatic heterocycles. The Hall–Kier alpha value is -10.1. The molecule has 9 heteroatoms. The van der Waals surface area contributed by atoms with E-state index in [2.05, 4.69) is 172 Å². The first-order valence-corrected chi connectivity index (χ1v) is 24.3. The molecule has 16 aromatic rings. The summed E-state index contributed by atoms with van der Waals surface area (Å²) in [7, 11) is 0. The Balaban J connectivity index is 0.852. The molecular weight excluding hydrogens is 895 g/mol. The number of benzene rings is 11. The van der Waals surface area contributed by atoms with Crippen molar-refractivity contribution in [3.8, 4) is 39.6 Å². The number of fused-ring (bicyclic) bond motifs is 21. The van der Waals surface area contributed by atoms with E-state index < -0.39 is 0 Å². The molecule has 0 radical (unpaired) electrons. The van der Waals surface area contributed by atoms with E-state index in [0.717, 1.165) is 110 Å². The van der Waals surface area contributed by atoms with Gasteiger partial charge >= 0.3 is 0 Å². The zero-order valence-electron chi connectivity index (χ0n) is 38.7. The average molecular weight is 930 g/mol. The van der Waals surface area contributed by atoms with Gasteiger partial charge in [0.05, 0.1) is 11.0 Å². The average Bonchev–Trinajstić information content (AvgIpc) is 3.81. The molecule has 5 heterocycles. The molecule has 0 amide bonds. The summed E-state index contributed by atoms with van der Waals surface area (Å²) in [5.74, 6) is 1.29. The van der Waals surface area contributed by atoms with E-state index in [1.54, 1.807) is 12.7 Å². The van der Waals surface area contributed by atoms with Gasteiger partial charge in [-0.15, -0.1) is 0 Å². The van der Waals surface area contributed by atoms with Gasteiger partial charge in [0.15, 0.2) is 11.6 Å². The van der Waals surface area contributed by atoms with Crippen LogP contribution in [-0.4, -0.2) is 44.4 Å². The molecule has 0 spiro atoms. The van der Waals surface area contributed by atoms with E-state index in [-0.39, 0.29) is 0 Å². The molecule has 336 valence electrons. The maximum atomic E-state index is 5.24. The molecule has 73 heavy (non-hydrogen) atoms. The second-order valence-electron chi connectivity index (χ2n) is 18.7. The zero-order valence-corrected chi connectivity index (χ0v) is 38.7. The third-order valence-corrected chi connectivity index (χ3v) is 14.9. The van der Waals surface area contributed by atoms with Gasteiger partial charge in [-0.3, -0.25) is 0 Å². The first-order valence-electron chi connectivity index (χ1n) is 24.3. The van der Waals surface area contributed by atoms with E-state index in [1.165, 1.54) is 37.7 Å². The van der Waals surface area contributed by atoms with E-state index in [1.807, 2.05) is 43.0 Å². The van der Waals surface area contributed by atoms with Gasteiger partial charge in [-0.2, -0.15) is 0 Å². The lowest BCUT2D eigenvalue weighted by Crippen LogP contribution is -1.97. The Morgan fingerprint density at radius 3 is 1.36 bits per heavy atom. The van der Waals surface area contributed by atoms with Crippen LogP contribution in [0.15, 0.2) is 213 Å². The molecule has 0 fully saturated rings. The molecule has 0 N–H and O–H groups in total. The smallest absolute Gasteiger partial charge is 0.159 e. The molecular formula is C64H35N9. The van der Waals surface area contributed by atoms with Gasteiger partial charge < -0.3 is 4.57 Å². The van der Waals surface area contributed by atoms with E-state index in [4.69, 9.17) is 29.9 Å². The topological polar surface area (TPSA) is 108 Å². The van der Waals surface area contributed by atoms with Gasteiger partial charge in [0, 0.05) is 73.9 Å². The van der Waals surface area contributed by atoms with Crippen molar-refractivity contribution in [2.24, 2.45) is 0 Å². The van der Waals surface area contributed by atoms with Crippen molar-refractivity contribution >= 4 is 119 Å². The lowest BCUT2D eigenvalue weighted by Gasteiger charge is -2.14. The minimum atomic E-state index is 0.635. The number of rotatable bonds is 4. The molecule has 9 nitrogen and oxygen atoms in total. The van der Waals surface area contributed by atoms with Crippen molar-refractivity contribution in [1.29, 1.82) is 0 Å². The van der Waals surface area contributed by atoms with Crippen LogP contribution in [-0.2, 0) is 0 Å². The highest BCUT2D eigenvalue weighted by Crippen LogP contribution is 2.43. The summed E-state index contributed by atoms with van der Waals surface area (Å²) in [5, 5.41) is 17.7. The van der Waals surface area contributed by atoms with Gasteiger partial charge in [-0.05, 0) is 101 Å². The van der Waals surface area contributed by atoms with Crippen molar-refractivity contribution in [3.63, 3.8) is 0 Å². The molecule has 11 aromatic carbocycles. The molecule has 0 saturated carbocycles. The Morgan fingerprint density at radius 2 is 0.740 bits per heavy atom. The molecule has 0 unspecified atom stereocenters. The van der Waals surface area contributed by atoms with Gasteiger partial charge in [-0.25, -0.2) is 39.9 Å². The molecule has 16 rings (SSSR count). The van der Waals surface area contributed by atoms with Crippen molar-refractivity contribution in [2.45, 2.75) is 0 Å². The fourth-order valence-electron chi connectivity index (χ4n) is 11.7. The van der Waals surface area contributed by atoms with Crippen LogP contribution in [0.25, 0.3) is 159 Å². The molecule has 0 aliphatic rings. The summed E-state index contributed by atoms with van der Waals surface area (Å²) in [6, 6.07) is 62.9. The summed E-state index contributed by atoms with van der Waals surface area (Å²) >= 11 is 0. The zero-order chi connectivity index (χ0) is 47.7. The number of aromatic nitrogens is 9. The summed E-state index contributed by atoms with van der Waals surface area (Å²) in [5.41, 5.74) is 10.7. The van der Waals surface area contributed by atoms with Crippen LogP contribution >= 0.6 is 0 Å². The summed E-state index contributed by atoms with van der Waals surface area (Å²) in [4.78, 5) is 38.6. The van der Waals surface area contributed by atoms with Crippen molar-refractivity contribution in [3.05, 3.63) is 213 Å². The Kier molecular flexibility index (Phi) is 8.26. The van der Waals surface area contributed by atoms with Crippen LogP contribution in [0.2, 0.25) is 0 Å². The van der Waals surface area contributed by atoms with Crippen LogP contribution < -0.4 is 0 Å². The van der Waals surface area contributed by atoms with E-state index >= 15 is 0 Å². The number of nitrogens with zero attached hydrogens (tertiary/aromatic N) is 9. The number of hydrogen-bond acceptors (Lipinski definition) is 8. The van der Waals surface area contributed by atoms with Crippen LogP contribution in [0.1, 0.15) is 0 Å². The minimum absolute atomic E-state index is 0.635. The third-order valence-electron chi connectivity index (χ3n) is 14.9. The second-order valence-corrected chi connectivity index (χ2v) is 18.7. The third kappa shape index (κ3) is 5.78. The van der Waals surface area contributed by atoms with Crippen molar-refractivity contribution < 1.29 is 0 Å². The minimum Gasteiger partial charge on any atom is -0.309 e. The normalized spacial score (nSPS) is 12.1. The Morgan fingerprint density at radius 1 is 0.288 bits per heavy atom. The fraction of sp³-hybridized carbons (Fsp3) is 0. The fourth-order valence-corrected chi connectivity index (χ4v) is 11.7. The second kappa shape index (κ2) is 15.2. The maximum absolute atomic E-state index is 5.24. The summed E-state index contributed by atoms with van der Waals surface area (Å²) in [6.07, 6.45) is 10.8. The molecule has 0 aliphatic heterocycles. The first-order chi connectivity index (χ1) is 36.2. The largest absolute Gasteiger partial charge is 0.309 e. The molecule has 0 aliphatic carbocycles. The van der Waals surface area contributed by atoms with Gasteiger partial charge in [-0.1, -0.05) is 140 Å². The van der Waals surface area contributed by atoms with E-state index in [9.17, 15) is 0 Å². The predicted molar refractivity (Wildman–Crippen MR) is 297 cm³/mol. The lowest BCUT2D eigenvalue weighted by atomic mass is 9.90. The van der Waals surface area contributed by atoms with Gasteiger partial charge in [0.2, 0.25) is 0 Å². The summed E-state index contributed by atoms with van der Waals surface area (Å²) < 4.78 is 2.37.